The lowest BCUT2D eigenvalue weighted by Crippen LogP contribution is -2.49. The fraction of sp³-hybridized carbons (Fsp3) is 0.208. The van der Waals surface area contributed by atoms with Gasteiger partial charge in [0.2, 0.25) is 5.91 Å². The van der Waals surface area contributed by atoms with E-state index in [1.165, 1.54) is 17.1 Å². The monoisotopic (exact) mass is 505 g/mol. The third-order valence-electron chi connectivity index (χ3n) is 5.82. The van der Waals surface area contributed by atoms with Gasteiger partial charge in [0, 0.05) is 30.9 Å². The summed E-state index contributed by atoms with van der Waals surface area (Å²) in [5.41, 5.74) is 2.44. The Balaban J connectivity index is 1.27. The maximum Gasteiger partial charge on any atom is 0.275 e. The van der Waals surface area contributed by atoms with E-state index in [9.17, 15) is 18.4 Å². The summed E-state index contributed by atoms with van der Waals surface area (Å²) in [5, 5.41) is 17.4. The van der Waals surface area contributed by atoms with Gasteiger partial charge in [0.05, 0.1) is 30.2 Å². The molecule has 1 saturated heterocycles. The number of amides is 2. The fourth-order valence-electron chi connectivity index (χ4n) is 4.04. The number of anilines is 1. The van der Waals surface area contributed by atoms with Crippen LogP contribution in [0.15, 0.2) is 67.6 Å². The molecule has 4 aromatic rings. The molecule has 1 fully saturated rings. The first-order valence-corrected chi connectivity index (χ1v) is 11.3. The summed E-state index contributed by atoms with van der Waals surface area (Å²) in [6.07, 6.45) is 5.17. The lowest BCUT2D eigenvalue weighted by atomic mass is 10.0. The lowest BCUT2D eigenvalue weighted by Gasteiger charge is -2.36. The Kier molecular flexibility index (Phi) is 6.26. The van der Waals surface area contributed by atoms with Gasteiger partial charge in [-0.2, -0.15) is 5.10 Å². The van der Waals surface area contributed by atoms with E-state index >= 15 is 0 Å². The Labute approximate surface area is 209 Å². The molecular weight excluding hydrogens is 484 g/mol. The normalized spacial score (nSPS) is 16.8. The van der Waals surface area contributed by atoms with Gasteiger partial charge in [-0.1, -0.05) is 17.9 Å². The Morgan fingerprint density at radius 3 is 2.78 bits per heavy atom. The Morgan fingerprint density at radius 2 is 2.05 bits per heavy atom. The van der Waals surface area contributed by atoms with Crippen LogP contribution in [0.3, 0.4) is 0 Å². The van der Waals surface area contributed by atoms with Crippen molar-refractivity contribution in [1.29, 1.82) is 0 Å². The minimum absolute atomic E-state index is 0.0715. The van der Waals surface area contributed by atoms with E-state index in [0.717, 1.165) is 11.0 Å². The summed E-state index contributed by atoms with van der Waals surface area (Å²) >= 11 is 0. The number of alkyl halides is 2. The number of likely N-dealkylation sites (tertiary alicyclic amines) is 1. The van der Waals surface area contributed by atoms with Crippen molar-refractivity contribution in [2.75, 3.05) is 18.4 Å². The molecule has 2 amide bonds. The first-order chi connectivity index (χ1) is 17.8. The zero-order valence-electron chi connectivity index (χ0n) is 19.4. The lowest BCUT2D eigenvalue weighted by molar-refractivity contribution is -0.140. The predicted octanol–water partition coefficient (Wildman–Crippen LogP) is 2.97. The molecule has 1 aliphatic heterocycles. The van der Waals surface area contributed by atoms with Gasteiger partial charge in [0.15, 0.2) is 0 Å². The van der Waals surface area contributed by atoms with Crippen LogP contribution in [0.4, 0.5) is 14.6 Å². The fourth-order valence-corrected chi connectivity index (χ4v) is 4.04. The van der Waals surface area contributed by atoms with Gasteiger partial charge >= 0.3 is 0 Å². The second-order valence-corrected chi connectivity index (χ2v) is 8.49. The molecule has 37 heavy (non-hydrogen) atoms. The summed E-state index contributed by atoms with van der Waals surface area (Å²) < 4.78 is 29.8. The smallest absolute Gasteiger partial charge is 0.275 e. The van der Waals surface area contributed by atoms with Crippen molar-refractivity contribution in [1.82, 2.24) is 40.1 Å². The topological polar surface area (TPSA) is 135 Å². The number of aromatic amines is 1. The van der Waals surface area contributed by atoms with E-state index in [2.05, 4.69) is 42.4 Å². The number of hydrogen-bond donors (Lipinski definition) is 2. The molecule has 0 saturated carbocycles. The Bertz CT molecular complexity index is 1430. The molecule has 13 heteroatoms. The van der Waals surface area contributed by atoms with Crippen LogP contribution in [-0.4, -0.2) is 70.9 Å². The van der Waals surface area contributed by atoms with Gasteiger partial charge in [-0.25, -0.2) is 23.4 Å². The summed E-state index contributed by atoms with van der Waals surface area (Å²) in [6, 6.07) is 9.32. The first kappa shape index (κ1) is 23.9. The highest BCUT2D eigenvalue weighted by molar-refractivity contribution is 6.02. The number of hydrogen-bond acceptors (Lipinski definition) is 7. The van der Waals surface area contributed by atoms with Crippen molar-refractivity contribution in [2.45, 2.75) is 18.4 Å². The number of aromatic nitrogens is 7. The standard InChI is InChI=1S/C24H21F2N9O2/c1-2-22(36)34-12-16(10-24(25,26)14-34)35-13-20(32-33-35)15-6-7-21(27-11-15)30-23(37)19-5-3-4-17(29-19)18-8-9-28-31-18/h2-9,11,13,16H,1,10,12,14H2,(H,28,31)(H,27,30,37)/t16-/m0/s1. The van der Waals surface area contributed by atoms with Crippen molar-refractivity contribution < 1.29 is 18.4 Å². The number of nitrogens with one attached hydrogen (secondary N) is 2. The minimum Gasteiger partial charge on any atom is -0.331 e. The molecule has 2 N–H and O–H groups in total. The van der Waals surface area contributed by atoms with Gasteiger partial charge < -0.3 is 10.2 Å². The molecule has 0 bridgehead atoms. The number of piperidine rings is 1. The number of nitrogens with zero attached hydrogens (tertiary/aromatic N) is 7. The average Bonchev–Trinajstić information content (AvgIpc) is 3.61. The summed E-state index contributed by atoms with van der Waals surface area (Å²) in [7, 11) is 0. The molecule has 5 heterocycles. The molecular formula is C24H21F2N9O2. The largest absolute Gasteiger partial charge is 0.331 e. The molecule has 0 spiro atoms. The molecule has 11 nitrogen and oxygen atoms in total. The number of rotatable bonds is 6. The minimum atomic E-state index is -3.05. The predicted molar refractivity (Wildman–Crippen MR) is 128 cm³/mol. The number of halogens is 2. The van der Waals surface area contributed by atoms with E-state index < -0.39 is 36.7 Å². The quantitative estimate of drug-likeness (QED) is 0.385. The Morgan fingerprint density at radius 1 is 1.19 bits per heavy atom. The number of carbonyl (C=O) groups is 2. The van der Waals surface area contributed by atoms with Gasteiger partial charge in [0.25, 0.3) is 11.8 Å². The van der Waals surface area contributed by atoms with Crippen LogP contribution < -0.4 is 5.32 Å². The van der Waals surface area contributed by atoms with E-state index in [4.69, 9.17) is 0 Å². The summed E-state index contributed by atoms with van der Waals surface area (Å²) in [6.45, 7) is 2.79. The first-order valence-electron chi connectivity index (χ1n) is 11.3. The van der Waals surface area contributed by atoms with Crippen LogP contribution in [0.5, 0.6) is 0 Å². The molecule has 0 aliphatic carbocycles. The molecule has 0 unspecified atom stereocenters. The van der Waals surface area contributed by atoms with Crippen LogP contribution in [0.2, 0.25) is 0 Å². The van der Waals surface area contributed by atoms with Gasteiger partial charge in [-0.15, -0.1) is 5.10 Å². The van der Waals surface area contributed by atoms with E-state index in [1.807, 2.05) is 0 Å². The van der Waals surface area contributed by atoms with Crippen molar-refractivity contribution in [2.24, 2.45) is 0 Å². The van der Waals surface area contributed by atoms with Crippen LogP contribution in [0.25, 0.3) is 22.6 Å². The van der Waals surface area contributed by atoms with E-state index in [1.54, 1.807) is 42.6 Å². The molecule has 1 atom stereocenters. The van der Waals surface area contributed by atoms with Gasteiger partial charge in [-0.3, -0.25) is 14.7 Å². The molecule has 5 rings (SSSR count). The van der Waals surface area contributed by atoms with Gasteiger partial charge in [-0.05, 0) is 36.4 Å². The number of H-pyrrole nitrogens is 1. The van der Waals surface area contributed by atoms with E-state index in [0.29, 0.717) is 28.5 Å². The average molecular weight is 505 g/mol. The van der Waals surface area contributed by atoms with Crippen LogP contribution in [0.1, 0.15) is 23.0 Å². The highest BCUT2D eigenvalue weighted by Crippen LogP contribution is 2.33. The molecule has 1 aliphatic rings. The van der Waals surface area contributed by atoms with Crippen molar-refractivity contribution in [3.05, 3.63) is 73.3 Å². The van der Waals surface area contributed by atoms with E-state index in [-0.39, 0.29) is 12.2 Å². The van der Waals surface area contributed by atoms with Crippen LogP contribution in [0, 0.1) is 0 Å². The zero-order chi connectivity index (χ0) is 26.0. The maximum absolute atomic E-state index is 14.2. The highest BCUT2D eigenvalue weighted by atomic mass is 19.3. The van der Waals surface area contributed by atoms with Crippen molar-refractivity contribution in [3.8, 4) is 22.6 Å². The second-order valence-electron chi connectivity index (χ2n) is 8.49. The highest BCUT2D eigenvalue weighted by Gasteiger charge is 2.42. The third-order valence-corrected chi connectivity index (χ3v) is 5.82. The van der Waals surface area contributed by atoms with Gasteiger partial charge in [0.1, 0.15) is 17.2 Å². The molecule has 188 valence electrons. The maximum atomic E-state index is 14.2. The molecule has 0 radical (unpaired) electrons. The number of pyridine rings is 2. The van der Waals surface area contributed by atoms with Crippen LogP contribution in [-0.2, 0) is 4.79 Å². The third kappa shape index (κ3) is 5.24. The second kappa shape index (κ2) is 9.68. The summed E-state index contributed by atoms with van der Waals surface area (Å²) in [5.74, 6) is -3.76. The van der Waals surface area contributed by atoms with Crippen molar-refractivity contribution in [3.63, 3.8) is 0 Å². The Hall–Kier alpha value is -4.81. The SMILES string of the molecule is C=CC(=O)N1C[C@@H](n2cc(-c3ccc(NC(=O)c4cccc(-c5ccn[nH]5)n4)nc3)nn2)CC(F)(F)C1. The van der Waals surface area contributed by atoms with Crippen LogP contribution >= 0.6 is 0 Å². The summed E-state index contributed by atoms with van der Waals surface area (Å²) in [4.78, 5) is 34.2. The molecule has 0 aromatic carbocycles. The number of carbonyl (C=O) groups excluding carboxylic acids is 2. The van der Waals surface area contributed by atoms with Crippen molar-refractivity contribution >= 4 is 17.6 Å². The molecule has 4 aromatic heterocycles. The zero-order valence-corrected chi connectivity index (χ0v) is 19.4.